The monoisotopic (exact) mass is 384 g/mol. The molecule has 1 fully saturated rings. The molecule has 9 heteroatoms. The van der Waals surface area contributed by atoms with E-state index in [2.05, 4.69) is 5.32 Å². The highest BCUT2D eigenvalue weighted by Crippen LogP contribution is 2.18. The van der Waals surface area contributed by atoms with Crippen LogP contribution in [0.15, 0.2) is 29.2 Å². The minimum atomic E-state index is -3.63. The minimum Gasteiger partial charge on any atom is -0.480 e. The van der Waals surface area contributed by atoms with Crippen LogP contribution in [0.4, 0.5) is 0 Å². The summed E-state index contributed by atoms with van der Waals surface area (Å²) in [6.45, 7) is 3.24. The number of nitrogens with one attached hydrogen (secondary N) is 1. The third-order valence-electron chi connectivity index (χ3n) is 4.17. The molecule has 26 heavy (non-hydrogen) atoms. The molecule has 0 aliphatic carbocycles. The van der Waals surface area contributed by atoms with Gasteiger partial charge < -0.3 is 15.2 Å². The van der Waals surface area contributed by atoms with Crippen LogP contribution in [0.2, 0.25) is 0 Å². The summed E-state index contributed by atoms with van der Waals surface area (Å²) in [5.74, 6) is -1.62. The molecule has 1 aliphatic rings. The smallest absolute Gasteiger partial charge is 0.326 e. The zero-order chi connectivity index (χ0) is 19.2. The molecule has 0 aromatic heterocycles. The van der Waals surface area contributed by atoms with Gasteiger partial charge in [-0.05, 0) is 30.7 Å². The van der Waals surface area contributed by atoms with E-state index in [0.717, 1.165) is 6.42 Å². The van der Waals surface area contributed by atoms with E-state index in [1.165, 1.54) is 28.6 Å². The number of benzene rings is 1. The standard InChI is InChI=1S/C17H24N2O6S/c1-2-3-4-15(17(21)22)18-16(20)13-5-7-14(8-6-13)26(23,24)19-9-11-25-12-10-19/h5-8,15H,2-4,9-12H2,1H3,(H,18,20)(H,21,22). The maximum atomic E-state index is 12.5. The van der Waals surface area contributed by atoms with E-state index in [1.54, 1.807) is 0 Å². The molecule has 1 heterocycles. The highest BCUT2D eigenvalue weighted by molar-refractivity contribution is 7.89. The first-order valence-electron chi connectivity index (χ1n) is 8.58. The number of carbonyl (C=O) groups is 2. The Morgan fingerprint density at radius 2 is 1.85 bits per heavy atom. The average Bonchev–Trinajstić information content (AvgIpc) is 2.65. The van der Waals surface area contributed by atoms with Gasteiger partial charge in [-0.1, -0.05) is 19.8 Å². The summed E-state index contributed by atoms with van der Waals surface area (Å²) in [6.07, 6.45) is 1.86. The molecule has 0 spiro atoms. The summed E-state index contributed by atoms with van der Waals surface area (Å²) in [6, 6.07) is 4.55. The average molecular weight is 384 g/mol. The zero-order valence-electron chi connectivity index (χ0n) is 14.7. The van der Waals surface area contributed by atoms with E-state index in [4.69, 9.17) is 4.74 Å². The molecule has 1 aliphatic heterocycles. The highest BCUT2D eigenvalue weighted by atomic mass is 32.2. The summed E-state index contributed by atoms with van der Waals surface area (Å²) >= 11 is 0. The van der Waals surface area contributed by atoms with E-state index in [9.17, 15) is 23.1 Å². The van der Waals surface area contributed by atoms with Crippen molar-refractivity contribution in [3.05, 3.63) is 29.8 Å². The number of rotatable bonds is 8. The number of carbonyl (C=O) groups excluding carboxylic acids is 1. The van der Waals surface area contributed by atoms with Crippen molar-refractivity contribution in [2.24, 2.45) is 0 Å². The molecule has 144 valence electrons. The number of sulfonamides is 1. The highest BCUT2D eigenvalue weighted by Gasteiger charge is 2.26. The first kappa shape index (κ1) is 20.3. The van der Waals surface area contributed by atoms with Crippen molar-refractivity contribution >= 4 is 21.9 Å². The number of hydrogen-bond acceptors (Lipinski definition) is 5. The number of morpholine rings is 1. The van der Waals surface area contributed by atoms with Crippen LogP contribution >= 0.6 is 0 Å². The van der Waals surface area contributed by atoms with E-state index >= 15 is 0 Å². The van der Waals surface area contributed by atoms with E-state index in [0.29, 0.717) is 39.1 Å². The van der Waals surface area contributed by atoms with Crippen molar-refractivity contribution in [1.82, 2.24) is 9.62 Å². The van der Waals surface area contributed by atoms with Gasteiger partial charge in [-0.2, -0.15) is 4.31 Å². The number of amides is 1. The molecule has 1 aromatic carbocycles. The fourth-order valence-corrected chi connectivity index (χ4v) is 4.03. The first-order valence-corrected chi connectivity index (χ1v) is 10.0. The number of carboxylic acid groups (broad SMARTS) is 1. The van der Waals surface area contributed by atoms with Gasteiger partial charge in [0.25, 0.3) is 5.91 Å². The van der Waals surface area contributed by atoms with Crippen LogP contribution in [0.5, 0.6) is 0 Å². The number of unbranched alkanes of at least 4 members (excludes halogenated alkanes) is 1. The largest absolute Gasteiger partial charge is 0.480 e. The number of aliphatic carboxylic acids is 1. The molecule has 2 N–H and O–H groups in total. The fraction of sp³-hybridized carbons (Fsp3) is 0.529. The number of nitrogens with zero attached hydrogens (tertiary/aromatic N) is 1. The topological polar surface area (TPSA) is 113 Å². The predicted molar refractivity (Wildman–Crippen MR) is 94.4 cm³/mol. The second kappa shape index (κ2) is 9.11. The predicted octanol–water partition coefficient (Wildman–Crippen LogP) is 1.08. The van der Waals surface area contributed by atoms with Gasteiger partial charge in [0.1, 0.15) is 6.04 Å². The van der Waals surface area contributed by atoms with Crippen molar-refractivity contribution in [3.8, 4) is 0 Å². The Labute approximate surface area is 153 Å². The molecular formula is C17H24N2O6S. The molecule has 1 saturated heterocycles. The van der Waals surface area contributed by atoms with Gasteiger partial charge in [-0.15, -0.1) is 0 Å². The number of ether oxygens (including phenoxy) is 1. The maximum absolute atomic E-state index is 12.5. The van der Waals surface area contributed by atoms with Crippen molar-refractivity contribution in [2.75, 3.05) is 26.3 Å². The second-order valence-electron chi connectivity index (χ2n) is 6.05. The summed E-state index contributed by atoms with van der Waals surface area (Å²) in [4.78, 5) is 23.6. The molecule has 1 unspecified atom stereocenters. The molecule has 2 rings (SSSR count). The number of carboxylic acids is 1. The SMILES string of the molecule is CCCCC(NC(=O)c1ccc(S(=O)(=O)N2CCOCC2)cc1)C(=O)O. The van der Waals surface area contributed by atoms with Gasteiger partial charge in [0.05, 0.1) is 18.1 Å². The molecule has 1 atom stereocenters. The van der Waals surface area contributed by atoms with Gasteiger partial charge in [0, 0.05) is 18.7 Å². The van der Waals surface area contributed by atoms with Gasteiger partial charge in [0.2, 0.25) is 10.0 Å². The Morgan fingerprint density at radius 1 is 1.23 bits per heavy atom. The van der Waals surface area contributed by atoms with Gasteiger partial charge in [-0.3, -0.25) is 4.79 Å². The Bertz CT molecular complexity index is 726. The lowest BCUT2D eigenvalue weighted by atomic mass is 10.1. The molecular weight excluding hydrogens is 360 g/mol. The fourth-order valence-electron chi connectivity index (χ4n) is 2.62. The maximum Gasteiger partial charge on any atom is 0.326 e. The summed E-state index contributed by atoms with van der Waals surface area (Å²) in [5.41, 5.74) is 0.216. The molecule has 0 saturated carbocycles. The van der Waals surface area contributed by atoms with Crippen molar-refractivity contribution < 1.29 is 27.9 Å². The Kier molecular flexibility index (Phi) is 7.13. The van der Waals surface area contributed by atoms with Crippen LogP contribution in [-0.2, 0) is 19.6 Å². The molecule has 0 bridgehead atoms. The molecule has 0 radical (unpaired) electrons. The van der Waals surface area contributed by atoms with Crippen LogP contribution in [0, 0.1) is 0 Å². The van der Waals surface area contributed by atoms with Crippen molar-refractivity contribution in [1.29, 1.82) is 0 Å². The van der Waals surface area contributed by atoms with Gasteiger partial charge in [-0.25, -0.2) is 13.2 Å². The Morgan fingerprint density at radius 3 is 2.38 bits per heavy atom. The van der Waals surface area contributed by atoms with Crippen LogP contribution in [-0.4, -0.2) is 62.1 Å². The van der Waals surface area contributed by atoms with Crippen LogP contribution in [0.3, 0.4) is 0 Å². The molecule has 1 aromatic rings. The van der Waals surface area contributed by atoms with Crippen LogP contribution in [0.1, 0.15) is 36.5 Å². The van der Waals surface area contributed by atoms with Crippen molar-refractivity contribution in [2.45, 2.75) is 37.1 Å². The Balaban J connectivity index is 2.08. The van der Waals surface area contributed by atoms with Gasteiger partial charge in [0.15, 0.2) is 0 Å². The molecule has 1 amide bonds. The Hall–Kier alpha value is -1.97. The van der Waals surface area contributed by atoms with Gasteiger partial charge >= 0.3 is 5.97 Å². The lowest BCUT2D eigenvalue weighted by molar-refractivity contribution is -0.139. The third-order valence-corrected chi connectivity index (χ3v) is 6.09. The second-order valence-corrected chi connectivity index (χ2v) is 7.99. The third kappa shape index (κ3) is 5.03. The normalized spacial score (nSPS) is 16.8. The summed E-state index contributed by atoms with van der Waals surface area (Å²) in [5, 5.41) is 11.7. The molecule has 8 nitrogen and oxygen atoms in total. The quantitative estimate of drug-likeness (QED) is 0.693. The number of hydrogen-bond donors (Lipinski definition) is 2. The minimum absolute atomic E-state index is 0.0942. The zero-order valence-corrected chi connectivity index (χ0v) is 15.5. The van der Waals surface area contributed by atoms with E-state index in [1.807, 2.05) is 6.92 Å². The summed E-state index contributed by atoms with van der Waals surface area (Å²) < 4.78 is 31.6. The summed E-state index contributed by atoms with van der Waals surface area (Å²) in [7, 11) is -3.63. The first-order chi connectivity index (χ1) is 12.4. The lowest BCUT2D eigenvalue weighted by Gasteiger charge is -2.26. The van der Waals surface area contributed by atoms with E-state index in [-0.39, 0.29) is 10.5 Å². The van der Waals surface area contributed by atoms with Crippen molar-refractivity contribution in [3.63, 3.8) is 0 Å². The van der Waals surface area contributed by atoms with Crippen LogP contribution in [0.25, 0.3) is 0 Å². The van der Waals surface area contributed by atoms with E-state index < -0.39 is 27.9 Å². The lowest BCUT2D eigenvalue weighted by Crippen LogP contribution is -2.41. The van der Waals surface area contributed by atoms with Crippen LogP contribution < -0.4 is 5.32 Å².